The van der Waals surface area contributed by atoms with Crippen molar-refractivity contribution in [3.63, 3.8) is 0 Å². The molecule has 3 heteroatoms. The summed E-state index contributed by atoms with van der Waals surface area (Å²) in [5.41, 5.74) is 8.07. The van der Waals surface area contributed by atoms with E-state index in [1.165, 1.54) is 5.57 Å². The summed E-state index contributed by atoms with van der Waals surface area (Å²) in [7, 11) is 1.66. The first kappa shape index (κ1) is 15.6. The van der Waals surface area contributed by atoms with Crippen LogP contribution in [0, 0.1) is 5.92 Å². The quantitative estimate of drug-likeness (QED) is 0.854. The van der Waals surface area contributed by atoms with Gasteiger partial charge in [-0.05, 0) is 37.5 Å². The first-order valence-electron chi connectivity index (χ1n) is 6.73. The van der Waals surface area contributed by atoms with Gasteiger partial charge in [-0.1, -0.05) is 31.6 Å². The smallest absolute Gasteiger partial charge is 0.161 e. The van der Waals surface area contributed by atoms with E-state index < -0.39 is 0 Å². The molecule has 0 bridgehead atoms. The van der Waals surface area contributed by atoms with Gasteiger partial charge in [-0.25, -0.2) is 0 Å². The molecule has 0 atom stereocenters. The van der Waals surface area contributed by atoms with Crippen LogP contribution < -0.4 is 15.2 Å². The van der Waals surface area contributed by atoms with E-state index in [0.29, 0.717) is 12.5 Å². The molecule has 106 valence electrons. The maximum atomic E-state index is 5.76. The van der Waals surface area contributed by atoms with Crippen LogP contribution in [0.15, 0.2) is 23.8 Å². The van der Waals surface area contributed by atoms with Crippen LogP contribution in [0.25, 0.3) is 6.08 Å². The van der Waals surface area contributed by atoms with Crippen LogP contribution in [-0.2, 0) is 0 Å². The van der Waals surface area contributed by atoms with Crippen molar-refractivity contribution in [1.29, 1.82) is 0 Å². The van der Waals surface area contributed by atoms with Crippen molar-refractivity contribution >= 4 is 6.08 Å². The summed E-state index contributed by atoms with van der Waals surface area (Å²) in [6, 6.07) is 5.95. The zero-order valence-electron chi connectivity index (χ0n) is 12.6. The fourth-order valence-electron chi connectivity index (χ4n) is 1.80. The van der Waals surface area contributed by atoms with Gasteiger partial charge >= 0.3 is 0 Å². The molecule has 0 saturated heterocycles. The summed E-state index contributed by atoms with van der Waals surface area (Å²) >= 11 is 0. The molecule has 0 aromatic heterocycles. The molecule has 19 heavy (non-hydrogen) atoms. The highest BCUT2D eigenvalue weighted by Crippen LogP contribution is 2.30. The third-order valence-electron chi connectivity index (χ3n) is 2.88. The van der Waals surface area contributed by atoms with Crippen molar-refractivity contribution in [2.75, 3.05) is 13.7 Å². The first-order valence-corrected chi connectivity index (χ1v) is 6.73. The molecule has 1 rings (SSSR count). The fourth-order valence-corrected chi connectivity index (χ4v) is 1.80. The van der Waals surface area contributed by atoms with Crippen LogP contribution >= 0.6 is 0 Å². The zero-order chi connectivity index (χ0) is 14.4. The standard InChI is InChI=1S/C16H25NO2/c1-11(2)14(10-17)8-13-6-7-15(19-12(3)4)16(9-13)18-5/h6-9,11-12H,10,17H2,1-5H3. The molecule has 0 aliphatic rings. The number of hydrogen-bond donors (Lipinski definition) is 1. The van der Waals surface area contributed by atoms with Gasteiger partial charge in [-0.15, -0.1) is 0 Å². The molecule has 0 heterocycles. The molecule has 1 aromatic carbocycles. The summed E-state index contributed by atoms with van der Waals surface area (Å²) < 4.78 is 11.1. The molecule has 0 radical (unpaired) electrons. The topological polar surface area (TPSA) is 44.5 Å². The molecule has 0 fully saturated rings. The average molecular weight is 263 g/mol. The minimum absolute atomic E-state index is 0.130. The maximum Gasteiger partial charge on any atom is 0.161 e. The molecule has 0 aliphatic carbocycles. The number of benzene rings is 1. The molecular formula is C16H25NO2. The summed E-state index contributed by atoms with van der Waals surface area (Å²) in [5.74, 6) is 1.97. The summed E-state index contributed by atoms with van der Waals surface area (Å²) in [4.78, 5) is 0. The fraction of sp³-hybridized carbons (Fsp3) is 0.500. The Kier molecular flexibility index (Phi) is 5.90. The van der Waals surface area contributed by atoms with Gasteiger partial charge in [0.15, 0.2) is 11.5 Å². The molecule has 3 nitrogen and oxygen atoms in total. The second kappa shape index (κ2) is 7.19. The van der Waals surface area contributed by atoms with Crippen LogP contribution in [-0.4, -0.2) is 19.8 Å². The van der Waals surface area contributed by atoms with E-state index in [4.69, 9.17) is 15.2 Å². The van der Waals surface area contributed by atoms with Gasteiger partial charge in [0.25, 0.3) is 0 Å². The van der Waals surface area contributed by atoms with Crippen LogP contribution in [0.2, 0.25) is 0 Å². The van der Waals surface area contributed by atoms with Crippen molar-refractivity contribution in [1.82, 2.24) is 0 Å². The monoisotopic (exact) mass is 263 g/mol. The largest absolute Gasteiger partial charge is 0.493 e. The van der Waals surface area contributed by atoms with E-state index in [1.807, 2.05) is 32.0 Å². The Balaban J connectivity index is 3.06. The summed E-state index contributed by atoms with van der Waals surface area (Å²) in [5, 5.41) is 0. The Morgan fingerprint density at radius 2 is 1.89 bits per heavy atom. The predicted octanol–water partition coefficient (Wildman–Crippen LogP) is 3.48. The lowest BCUT2D eigenvalue weighted by Crippen LogP contribution is -2.08. The second-order valence-electron chi connectivity index (χ2n) is 5.15. The highest BCUT2D eigenvalue weighted by molar-refractivity contribution is 5.58. The van der Waals surface area contributed by atoms with Gasteiger partial charge in [0.1, 0.15) is 0 Å². The average Bonchev–Trinajstić information content (AvgIpc) is 2.36. The SMILES string of the molecule is COc1cc(C=C(CN)C(C)C)ccc1OC(C)C. The van der Waals surface area contributed by atoms with Crippen molar-refractivity contribution in [2.45, 2.75) is 33.8 Å². The zero-order valence-corrected chi connectivity index (χ0v) is 12.6. The minimum atomic E-state index is 0.130. The second-order valence-corrected chi connectivity index (χ2v) is 5.15. The lowest BCUT2D eigenvalue weighted by atomic mass is 10.0. The first-order chi connectivity index (χ1) is 8.97. The Bertz CT molecular complexity index is 436. The van der Waals surface area contributed by atoms with Gasteiger partial charge in [0.05, 0.1) is 13.2 Å². The molecular weight excluding hydrogens is 238 g/mol. The van der Waals surface area contributed by atoms with E-state index in [0.717, 1.165) is 17.1 Å². The molecule has 0 unspecified atom stereocenters. The van der Waals surface area contributed by atoms with Gasteiger partial charge in [0.2, 0.25) is 0 Å². The van der Waals surface area contributed by atoms with E-state index in [-0.39, 0.29) is 6.10 Å². The Morgan fingerprint density at radius 1 is 1.21 bits per heavy atom. The number of rotatable bonds is 6. The van der Waals surface area contributed by atoms with Crippen LogP contribution in [0.5, 0.6) is 11.5 Å². The van der Waals surface area contributed by atoms with E-state index >= 15 is 0 Å². The van der Waals surface area contributed by atoms with Crippen molar-refractivity contribution in [2.24, 2.45) is 11.7 Å². The number of methoxy groups -OCH3 is 1. The summed E-state index contributed by atoms with van der Waals surface area (Å²) in [6.45, 7) is 8.86. The minimum Gasteiger partial charge on any atom is -0.493 e. The van der Waals surface area contributed by atoms with Gasteiger partial charge < -0.3 is 15.2 Å². The Labute approximate surface area is 116 Å². The molecule has 0 amide bonds. The van der Waals surface area contributed by atoms with Crippen molar-refractivity contribution in [3.8, 4) is 11.5 Å². The molecule has 1 aromatic rings. The third-order valence-corrected chi connectivity index (χ3v) is 2.88. The maximum absolute atomic E-state index is 5.76. The van der Waals surface area contributed by atoms with Crippen LogP contribution in [0.4, 0.5) is 0 Å². The molecule has 0 spiro atoms. The Morgan fingerprint density at radius 3 is 2.37 bits per heavy atom. The normalized spacial score (nSPS) is 12.1. The van der Waals surface area contributed by atoms with Crippen LogP contribution in [0.3, 0.4) is 0 Å². The highest BCUT2D eigenvalue weighted by Gasteiger charge is 2.08. The van der Waals surface area contributed by atoms with Gasteiger partial charge in [-0.2, -0.15) is 0 Å². The highest BCUT2D eigenvalue weighted by atomic mass is 16.5. The lowest BCUT2D eigenvalue weighted by Gasteiger charge is -2.14. The van der Waals surface area contributed by atoms with E-state index in [2.05, 4.69) is 19.9 Å². The van der Waals surface area contributed by atoms with E-state index in [1.54, 1.807) is 7.11 Å². The van der Waals surface area contributed by atoms with Crippen molar-refractivity contribution in [3.05, 3.63) is 29.3 Å². The molecule has 0 aliphatic heterocycles. The number of hydrogen-bond acceptors (Lipinski definition) is 3. The third kappa shape index (κ3) is 4.60. The molecule has 0 saturated carbocycles. The number of ether oxygens (including phenoxy) is 2. The van der Waals surface area contributed by atoms with Crippen LogP contribution in [0.1, 0.15) is 33.3 Å². The molecule has 2 N–H and O–H groups in total. The number of nitrogens with two attached hydrogens (primary N) is 1. The van der Waals surface area contributed by atoms with E-state index in [9.17, 15) is 0 Å². The summed E-state index contributed by atoms with van der Waals surface area (Å²) in [6.07, 6.45) is 2.25. The Hall–Kier alpha value is -1.48. The van der Waals surface area contributed by atoms with Gasteiger partial charge in [-0.3, -0.25) is 0 Å². The predicted molar refractivity (Wildman–Crippen MR) is 80.6 cm³/mol. The lowest BCUT2D eigenvalue weighted by molar-refractivity contribution is 0.230. The van der Waals surface area contributed by atoms with Crippen molar-refractivity contribution < 1.29 is 9.47 Å². The van der Waals surface area contributed by atoms with Gasteiger partial charge in [0, 0.05) is 6.54 Å².